The van der Waals surface area contributed by atoms with Crippen molar-refractivity contribution < 1.29 is 0 Å². The zero-order valence-corrected chi connectivity index (χ0v) is 14.9. The van der Waals surface area contributed by atoms with E-state index in [4.69, 9.17) is 5.73 Å². The van der Waals surface area contributed by atoms with E-state index in [-0.39, 0.29) is 0 Å². The molecule has 1 fully saturated rings. The number of nitrogens with one attached hydrogen (secondary N) is 1. The molecule has 0 aromatic carbocycles. The molecule has 0 aliphatic carbocycles. The number of anilines is 3. The van der Waals surface area contributed by atoms with E-state index in [9.17, 15) is 0 Å². The lowest BCUT2D eigenvalue weighted by Crippen LogP contribution is -2.33. The van der Waals surface area contributed by atoms with Crippen LogP contribution in [0.3, 0.4) is 0 Å². The summed E-state index contributed by atoms with van der Waals surface area (Å²) in [5.74, 6) is 3.08. The van der Waals surface area contributed by atoms with Crippen LogP contribution >= 0.6 is 0 Å². The van der Waals surface area contributed by atoms with Crippen LogP contribution < -0.4 is 16.0 Å². The summed E-state index contributed by atoms with van der Waals surface area (Å²) in [7, 11) is 0. The maximum absolute atomic E-state index is 5.72. The minimum absolute atomic E-state index is 0.453. The second-order valence-electron chi connectivity index (χ2n) is 6.88. The van der Waals surface area contributed by atoms with E-state index in [1.54, 1.807) is 6.07 Å². The summed E-state index contributed by atoms with van der Waals surface area (Å²) in [6, 6.07) is 7.87. The average molecular weight is 349 g/mol. The van der Waals surface area contributed by atoms with Crippen LogP contribution in [0.15, 0.2) is 36.8 Å². The highest BCUT2D eigenvalue weighted by Crippen LogP contribution is 2.22. The number of piperidine rings is 1. The second-order valence-corrected chi connectivity index (χ2v) is 6.88. The molecule has 0 atom stereocenters. The van der Waals surface area contributed by atoms with Crippen LogP contribution in [0.1, 0.15) is 25.3 Å². The first-order valence-electron chi connectivity index (χ1n) is 9.00. The third kappa shape index (κ3) is 3.51. The number of nitrogen functional groups attached to an aromatic ring is 1. The fraction of sp³-hybridized carbons (Fsp3) is 0.368. The van der Waals surface area contributed by atoms with Crippen molar-refractivity contribution in [1.82, 2.24) is 19.9 Å². The molecule has 0 spiro atoms. The van der Waals surface area contributed by atoms with Gasteiger partial charge in [0.1, 0.15) is 23.8 Å². The molecule has 134 valence electrons. The SMILES string of the molecule is CC1CCN(c2ccc(CNc3ncnc4nc(N)ccc34)cn2)CC1. The lowest BCUT2D eigenvalue weighted by Gasteiger charge is -2.31. The van der Waals surface area contributed by atoms with Gasteiger partial charge >= 0.3 is 0 Å². The number of rotatable bonds is 4. The van der Waals surface area contributed by atoms with E-state index in [1.165, 1.54) is 19.2 Å². The second kappa shape index (κ2) is 7.11. The van der Waals surface area contributed by atoms with Crippen LogP contribution in [0, 0.1) is 5.92 Å². The first-order chi connectivity index (χ1) is 12.7. The molecule has 26 heavy (non-hydrogen) atoms. The van der Waals surface area contributed by atoms with Crippen LogP contribution in [0.5, 0.6) is 0 Å². The Hall–Kier alpha value is -2.96. The van der Waals surface area contributed by atoms with E-state index in [2.05, 4.69) is 49.2 Å². The number of nitrogens with zero attached hydrogens (tertiary/aromatic N) is 5. The molecular weight excluding hydrogens is 326 g/mol. The zero-order valence-electron chi connectivity index (χ0n) is 14.9. The van der Waals surface area contributed by atoms with Crippen molar-refractivity contribution >= 4 is 28.5 Å². The first-order valence-corrected chi connectivity index (χ1v) is 9.00. The third-order valence-corrected chi connectivity index (χ3v) is 4.90. The largest absolute Gasteiger partial charge is 0.384 e. The van der Waals surface area contributed by atoms with Crippen molar-refractivity contribution in [3.05, 3.63) is 42.4 Å². The quantitative estimate of drug-likeness (QED) is 0.748. The Kier molecular flexibility index (Phi) is 4.51. The molecule has 0 amide bonds. The molecule has 0 bridgehead atoms. The van der Waals surface area contributed by atoms with Crippen molar-refractivity contribution in [2.75, 3.05) is 29.0 Å². The maximum atomic E-state index is 5.72. The smallest absolute Gasteiger partial charge is 0.166 e. The van der Waals surface area contributed by atoms with Crippen LogP contribution in [0.25, 0.3) is 11.0 Å². The fourth-order valence-electron chi connectivity index (χ4n) is 3.23. The molecule has 4 rings (SSSR count). The highest BCUT2D eigenvalue weighted by molar-refractivity contribution is 5.87. The summed E-state index contributed by atoms with van der Waals surface area (Å²) >= 11 is 0. The Morgan fingerprint density at radius 2 is 1.96 bits per heavy atom. The molecule has 3 N–H and O–H groups in total. The van der Waals surface area contributed by atoms with Crippen molar-refractivity contribution in [3.8, 4) is 0 Å². The molecule has 7 nitrogen and oxygen atoms in total. The zero-order chi connectivity index (χ0) is 17.9. The highest BCUT2D eigenvalue weighted by atomic mass is 15.2. The number of fused-ring (bicyclic) bond motifs is 1. The Morgan fingerprint density at radius 1 is 1.12 bits per heavy atom. The molecule has 0 unspecified atom stereocenters. The molecule has 0 radical (unpaired) electrons. The first kappa shape index (κ1) is 16.5. The monoisotopic (exact) mass is 349 g/mol. The molecule has 1 aliphatic rings. The number of hydrogen-bond donors (Lipinski definition) is 2. The van der Waals surface area contributed by atoms with Crippen LogP contribution in [0.2, 0.25) is 0 Å². The molecule has 1 aliphatic heterocycles. The number of aromatic nitrogens is 4. The Labute approximate surface area is 152 Å². The van der Waals surface area contributed by atoms with Gasteiger partial charge in [0, 0.05) is 25.8 Å². The van der Waals surface area contributed by atoms with Crippen LogP contribution in [-0.2, 0) is 6.54 Å². The van der Waals surface area contributed by atoms with Gasteiger partial charge in [0.15, 0.2) is 5.65 Å². The lowest BCUT2D eigenvalue weighted by atomic mass is 9.99. The van der Waals surface area contributed by atoms with Crippen molar-refractivity contribution in [2.24, 2.45) is 5.92 Å². The van der Waals surface area contributed by atoms with Gasteiger partial charge in [-0.3, -0.25) is 0 Å². The summed E-state index contributed by atoms with van der Waals surface area (Å²) < 4.78 is 0. The van der Waals surface area contributed by atoms with Crippen LogP contribution in [-0.4, -0.2) is 33.0 Å². The molecule has 3 aromatic rings. The van der Waals surface area contributed by atoms with Gasteiger partial charge in [-0.1, -0.05) is 13.0 Å². The molecule has 7 heteroatoms. The minimum Gasteiger partial charge on any atom is -0.384 e. The van der Waals surface area contributed by atoms with Gasteiger partial charge in [-0.25, -0.2) is 19.9 Å². The normalized spacial score (nSPS) is 15.3. The standard InChI is InChI=1S/C19H23N7/c1-13-6-8-26(9-7-13)17-5-2-14(10-21-17)11-22-18-15-3-4-16(20)25-19(15)24-12-23-18/h2-5,10,12-13H,6-9,11H2,1H3,(H3,20,22,23,24,25). The van der Waals surface area contributed by atoms with Gasteiger partial charge in [-0.2, -0.15) is 0 Å². The number of pyridine rings is 2. The average Bonchev–Trinajstić information content (AvgIpc) is 2.67. The van der Waals surface area contributed by atoms with Crippen molar-refractivity contribution in [3.63, 3.8) is 0 Å². The summed E-state index contributed by atoms with van der Waals surface area (Å²) in [6.07, 6.45) is 5.91. The Morgan fingerprint density at radius 3 is 2.73 bits per heavy atom. The van der Waals surface area contributed by atoms with Gasteiger partial charge < -0.3 is 16.0 Å². The molecular formula is C19H23N7. The third-order valence-electron chi connectivity index (χ3n) is 4.90. The molecule has 1 saturated heterocycles. The van der Waals surface area contributed by atoms with Crippen molar-refractivity contribution in [1.29, 1.82) is 0 Å². The topological polar surface area (TPSA) is 92.8 Å². The minimum atomic E-state index is 0.453. The predicted octanol–water partition coefficient (Wildman–Crippen LogP) is 2.85. The summed E-state index contributed by atoms with van der Waals surface area (Å²) in [4.78, 5) is 19.7. The van der Waals surface area contributed by atoms with Crippen LogP contribution in [0.4, 0.5) is 17.5 Å². The number of hydrogen-bond acceptors (Lipinski definition) is 7. The summed E-state index contributed by atoms with van der Waals surface area (Å²) in [5, 5.41) is 4.20. The lowest BCUT2D eigenvalue weighted by molar-refractivity contribution is 0.436. The van der Waals surface area contributed by atoms with Gasteiger partial charge in [-0.05, 0) is 42.5 Å². The Bertz CT molecular complexity index is 886. The van der Waals surface area contributed by atoms with E-state index in [1.807, 2.05) is 12.3 Å². The van der Waals surface area contributed by atoms with Gasteiger partial charge in [0.05, 0.1) is 5.39 Å². The molecule has 0 saturated carbocycles. The highest BCUT2D eigenvalue weighted by Gasteiger charge is 2.16. The Balaban J connectivity index is 1.44. The van der Waals surface area contributed by atoms with E-state index in [0.29, 0.717) is 18.0 Å². The van der Waals surface area contributed by atoms with E-state index < -0.39 is 0 Å². The van der Waals surface area contributed by atoms with Gasteiger partial charge in [0.25, 0.3) is 0 Å². The fourth-order valence-corrected chi connectivity index (χ4v) is 3.23. The summed E-state index contributed by atoms with van der Waals surface area (Å²) in [5.41, 5.74) is 7.42. The van der Waals surface area contributed by atoms with Gasteiger partial charge in [-0.15, -0.1) is 0 Å². The predicted molar refractivity (Wildman–Crippen MR) is 104 cm³/mol. The van der Waals surface area contributed by atoms with E-state index >= 15 is 0 Å². The van der Waals surface area contributed by atoms with E-state index in [0.717, 1.165) is 41.6 Å². The molecule has 4 heterocycles. The summed E-state index contributed by atoms with van der Waals surface area (Å²) in [6.45, 7) is 5.14. The van der Waals surface area contributed by atoms with Gasteiger partial charge in [0.2, 0.25) is 0 Å². The molecule has 3 aromatic heterocycles. The maximum Gasteiger partial charge on any atom is 0.166 e. The van der Waals surface area contributed by atoms with Crippen molar-refractivity contribution in [2.45, 2.75) is 26.3 Å². The number of nitrogens with two attached hydrogens (primary N) is 1.